The van der Waals surface area contributed by atoms with E-state index in [0.29, 0.717) is 5.56 Å². The quantitative estimate of drug-likeness (QED) is 0.814. The first-order chi connectivity index (χ1) is 8.88. The zero-order valence-corrected chi connectivity index (χ0v) is 10.7. The number of benzene rings is 2. The van der Waals surface area contributed by atoms with Gasteiger partial charge in [0.15, 0.2) is 0 Å². The number of aryl methyl sites for hydroxylation is 1. The van der Waals surface area contributed by atoms with Gasteiger partial charge >= 0.3 is 10.1 Å². The molecule has 2 rings (SSSR count). The third-order valence-electron chi connectivity index (χ3n) is 2.42. The molecule has 0 atom stereocenters. The number of halogens is 2. The van der Waals surface area contributed by atoms with Gasteiger partial charge in [-0.05, 0) is 36.8 Å². The molecule has 3 nitrogen and oxygen atoms in total. The fourth-order valence-electron chi connectivity index (χ4n) is 1.53. The second-order valence-corrected chi connectivity index (χ2v) is 5.42. The van der Waals surface area contributed by atoms with E-state index in [9.17, 15) is 17.2 Å². The van der Waals surface area contributed by atoms with E-state index in [1.807, 2.05) is 0 Å². The Balaban J connectivity index is 2.40. The van der Waals surface area contributed by atoms with Crippen LogP contribution >= 0.6 is 0 Å². The van der Waals surface area contributed by atoms with E-state index in [-0.39, 0.29) is 10.6 Å². The molecule has 0 aromatic heterocycles. The van der Waals surface area contributed by atoms with Crippen molar-refractivity contribution in [1.82, 2.24) is 0 Å². The molecule has 0 radical (unpaired) electrons. The van der Waals surface area contributed by atoms with Crippen molar-refractivity contribution in [3.8, 4) is 5.75 Å². The highest BCUT2D eigenvalue weighted by Crippen LogP contribution is 2.22. The van der Waals surface area contributed by atoms with Crippen molar-refractivity contribution in [1.29, 1.82) is 0 Å². The maximum absolute atomic E-state index is 13.1. The molecular formula is C13H10F2O3S. The van der Waals surface area contributed by atoms with Gasteiger partial charge in [0.25, 0.3) is 0 Å². The van der Waals surface area contributed by atoms with E-state index in [1.54, 1.807) is 0 Å². The molecule has 0 saturated heterocycles. The Morgan fingerprint density at radius 2 is 1.68 bits per heavy atom. The van der Waals surface area contributed by atoms with Crippen LogP contribution in [-0.2, 0) is 10.1 Å². The first-order valence-corrected chi connectivity index (χ1v) is 6.75. The predicted molar refractivity (Wildman–Crippen MR) is 65.4 cm³/mol. The lowest BCUT2D eigenvalue weighted by Gasteiger charge is -2.09. The van der Waals surface area contributed by atoms with E-state index in [2.05, 4.69) is 0 Å². The van der Waals surface area contributed by atoms with Gasteiger partial charge in [-0.15, -0.1) is 0 Å². The Labute approximate surface area is 109 Å². The summed E-state index contributed by atoms with van der Waals surface area (Å²) in [7, 11) is -4.19. The molecule has 0 aliphatic rings. The fraction of sp³-hybridized carbons (Fsp3) is 0.0769. The Hall–Kier alpha value is -1.95. The molecule has 0 aliphatic heterocycles. The summed E-state index contributed by atoms with van der Waals surface area (Å²) >= 11 is 0. The van der Waals surface area contributed by atoms with Crippen molar-refractivity contribution < 1.29 is 21.4 Å². The lowest BCUT2D eigenvalue weighted by molar-refractivity contribution is 0.481. The minimum atomic E-state index is -4.19. The third kappa shape index (κ3) is 3.08. The first-order valence-electron chi connectivity index (χ1n) is 5.35. The standard InChI is InChI=1S/C13H10F2O3S/c1-9-5-6-11(15)8-13(9)19(16,17)18-12-4-2-3-10(14)7-12/h2-8H,1H3. The molecule has 0 fully saturated rings. The predicted octanol–water partition coefficient (Wildman–Crippen LogP) is 3.04. The van der Waals surface area contributed by atoms with Crippen molar-refractivity contribution in [2.45, 2.75) is 11.8 Å². The van der Waals surface area contributed by atoms with Crippen LogP contribution in [-0.4, -0.2) is 8.42 Å². The highest BCUT2D eigenvalue weighted by molar-refractivity contribution is 7.87. The molecule has 0 aliphatic carbocycles. The number of hydrogen-bond donors (Lipinski definition) is 0. The van der Waals surface area contributed by atoms with Gasteiger partial charge in [-0.3, -0.25) is 0 Å². The van der Waals surface area contributed by atoms with Gasteiger partial charge in [-0.1, -0.05) is 12.1 Å². The normalized spacial score (nSPS) is 11.3. The van der Waals surface area contributed by atoms with E-state index in [4.69, 9.17) is 4.18 Å². The van der Waals surface area contributed by atoms with Crippen LogP contribution in [0.15, 0.2) is 47.4 Å². The van der Waals surface area contributed by atoms with E-state index < -0.39 is 21.8 Å². The molecule has 0 N–H and O–H groups in total. The third-order valence-corrected chi connectivity index (χ3v) is 3.81. The zero-order valence-electron chi connectivity index (χ0n) is 9.93. The summed E-state index contributed by atoms with van der Waals surface area (Å²) < 4.78 is 54.8. The Kier molecular flexibility index (Phi) is 3.53. The van der Waals surface area contributed by atoms with Crippen LogP contribution in [0.4, 0.5) is 8.78 Å². The molecule has 0 unspecified atom stereocenters. The minimum Gasteiger partial charge on any atom is -0.379 e. The summed E-state index contributed by atoms with van der Waals surface area (Å²) in [6.45, 7) is 1.52. The molecule has 6 heteroatoms. The van der Waals surface area contributed by atoms with Gasteiger partial charge in [0.2, 0.25) is 0 Å². The Morgan fingerprint density at radius 3 is 2.37 bits per heavy atom. The van der Waals surface area contributed by atoms with Crippen LogP contribution in [0, 0.1) is 18.6 Å². The van der Waals surface area contributed by atoms with Crippen molar-refractivity contribution >= 4 is 10.1 Å². The molecule has 0 heterocycles. The van der Waals surface area contributed by atoms with Gasteiger partial charge in [0.1, 0.15) is 22.3 Å². The minimum absolute atomic E-state index is 0.163. The average molecular weight is 284 g/mol. The second kappa shape index (κ2) is 4.97. The van der Waals surface area contributed by atoms with E-state index >= 15 is 0 Å². The molecule has 0 saturated carbocycles. The van der Waals surface area contributed by atoms with Crippen molar-refractivity contribution in [2.24, 2.45) is 0 Å². The summed E-state index contributed by atoms with van der Waals surface area (Å²) in [6.07, 6.45) is 0. The lowest BCUT2D eigenvalue weighted by Crippen LogP contribution is -2.11. The highest BCUT2D eigenvalue weighted by Gasteiger charge is 2.20. The summed E-state index contributed by atoms with van der Waals surface area (Å²) in [6, 6.07) is 8.06. The molecule has 0 bridgehead atoms. The van der Waals surface area contributed by atoms with Crippen LogP contribution in [0.2, 0.25) is 0 Å². The van der Waals surface area contributed by atoms with Gasteiger partial charge < -0.3 is 4.18 Å². The Bertz CT molecular complexity index is 712. The molecule has 0 spiro atoms. The van der Waals surface area contributed by atoms with Gasteiger partial charge in [-0.25, -0.2) is 8.78 Å². The zero-order chi connectivity index (χ0) is 14.0. The second-order valence-electron chi connectivity index (χ2n) is 3.90. The van der Waals surface area contributed by atoms with E-state index in [0.717, 1.165) is 24.3 Å². The average Bonchev–Trinajstić information content (AvgIpc) is 2.31. The molecule has 100 valence electrons. The van der Waals surface area contributed by atoms with E-state index in [1.165, 1.54) is 25.1 Å². The Morgan fingerprint density at radius 1 is 1.00 bits per heavy atom. The first kappa shape index (κ1) is 13.5. The summed E-state index contributed by atoms with van der Waals surface area (Å²) in [5, 5.41) is 0. The summed E-state index contributed by atoms with van der Waals surface area (Å²) in [5.41, 5.74) is 0.345. The summed E-state index contributed by atoms with van der Waals surface area (Å²) in [4.78, 5) is -0.281. The molecule has 0 amide bonds. The topological polar surface area (TPSA) is 43.4 Å². The number of rotatable bonds is 3. The SMILES string of the molecule is Cc1ccc(F)cc1S(=O)(=O)Oc1cccc(F)c1. The van der Waals surface area contributed by atoms with Crippen LogP contribution in [0.1, 0.15) is 5.56 Å². The monoisotopic (exact) mass is 284 g/mol. The van der Waals surface area contributed by atoms with Gasteiger partial charge in [-0.2, -0.15) is 8.42 Å². The fourth-order valence-corrected chi connectivity index (χ4v) is 2.70. The van der Waals surface area contributed by atoms with Gasteiger partial charge in [0, 0.05) is 6.07 Å². The summed E-state index contributed by atoms with van der Waals surface area (Å²) in [5.74, 6) is -1.47. The lowest BCUT2D eigenvalue weighted by atomic mass is 10.2. The maximum Gasteiger partial charge on any atom is 0.339 e. The van der Waals surface area contributed by atoms with Crippen LogP contribution < -0.4 is 4.18 Å². The molecule has 2 aromatic rings. The van der Waals surface area contributed by atoms with Crippen LogP contribution in [0.3, 0.4) is 0 Å². The highest BCUT2D eigenvalue weighted by atomic mass is 32.2. The largest absolute Gasteiger partial charge is 0.379 e. The maximum atomic E-state index is 13.1. The van der Waals surface area contributed by atoms with Crippen molar-refractivity contribution in [3.63, 3.8) is 0 Å². The van der Waals surface area contributed by atoms with Crippen LogP contribution in [0.25, 0.3) is 0 Å². The van der Waals surface area contributed by atoms with Gasteiger partial charge in [0.05, 0.1) is 0 Å². The van der Waals surface area contributed by atoms with Crippen LogP contribution in [0.5, 0.6) is 5.75 Å². The molecule has 2 aromatic carbocycles. The number of hydrogen-bond acceptors (Lipinski definition) is 3. The molecular weight excluding hydrogens is 274 g/mol. The van der Waals surface area contributed by atoms with Crippen molar-refractivity contribution in [3.05, 3.63) is 59.7 Å². The van der Waals surface area contributed by atoms with Crippen molar-refractivity contribution in [2.75, 3.05) is 0 Å². The molecule has 19 heavy (non-hydrogen) atoms. The smallest absolute Gasteiger partial charge is 0.339 e.